The number of anilines is 1. The molecule has 154 valence electrons. The molecule has 0 unspecified atom stereocenters. The topological polar surface area (TPSA) is 51.2 Å². The molecule has 2 aromatic rings. The zero-order chi connectivity index (χ0) is 20.8. The molecule has 0 aromatic heterocycles. The number of hydrogen-bond donors (Lipinski definition) is 0. The Hall–Kier alpha value is -2.86. The Morgan fingerprint density at radius 1 is 0.931 bits per heavy atom. The van der Waals surface area contributed by atoms with Gasteiger partial charge in [-0.05, 0) is 48.0 Å². The predicted molar refractivity (Wildman–Crippen MR) is 115 cm³/mol. The Bertz CT molecular complexity index is 850. The number of rotatable bonds is 6. The third-order valence-corrected chi connectivity index (χ3v) is 5.14. The largest absolute Gasteiger partial charge is 0.493 e. The second-order valence-corrected chi connectivity index (χ2v) is 7.02. The molecule has 0 aliphatic carbocycles. The summed E-state index contributed by atoms with van der Waals surface area (Å²) in [6, 6.07) is 11.4. The van der Waals surface area contributed by atoms with Crippen LogP contribution < -0.4 is 19.1 Å². The third-order valence-electron chi connectivity index (χ3n) is 4.89. The van der Waals surface area contributed by atoms with E-state index in [-0.39, 0.29) is 5.91 Å². The lowest BCUT2D eigenvalue weighted by Crippen LogP contribution is -2.48. The van der Waals surface area contributed by atoms with Crippen LogP contribution >= 0.6 is 11.6 Å². The maximum absolute atomic E-state index is 12.6. The van der Waals surface area contributed by atoms with Gasteiger partial charge in [-0.15, -0.1) is 0 Å². The molecule has 0 saturated carbocycles. The lowest BCUT2D eigenvalue weighted by atomic mass is 10.1. The quantitative estimate of drug-likeness (QED) is 0.671. The van der Waals surface area contributed by atoms with Crippen molar-refractivity contribution in [3.63, 3.8) is 0 Å². The Morgan fingerprint density at radius 3 is 2.03 bits per heavy atom. The standard InChI is InChI=1S/C22H25ClN2O4/c1-27-19-14-16(15-20(28-2)22(19)29-3)4-9-21(26)25-12-10-24(11-13-25)18-7-5-17(23)6-8-18/h4-9,14-15H,10-13H2,1-3H3/b9-4+. The van der Waals surface area contributed by atoms with Gasteiger partial charge >= 0.3 is 0 Å². The highest BCUT2D eigenvalue weighted by molar-refractivity contribution is 6.30. The summed E-state index contributed by atoms with van der Waals surface area (Å²) in [4.78, 5) is 16.7. The summed E-state index contributed by atoms with van der Waals surface area (Å²) in [5, 5.41) is 0.722. The van der Waals surface area contributed by atoms with Gasteiger partial charge < -0.3 is 24.0 Å². The SMILES string of the molecule is COc1cc(/C=C/C(=O)N2CCN(c3ccc(Cl)cc3)CC2)cc(OC)c1OC. The van der Waals surface area contributed by atoms with Gasteiger partial charge in [0.15, 0.2) is 11.5 Å². The molecule has 29 heavy (non-hydrogen) atoms. The van der Waals surface area contributed by atoms with Crippen LogP contribution in [0.25, 0.3) is 6.08 Å². The van der Waals surface area contributed by atoms with E-state index in [1.807, 2.05) is 41.3 Å². The van der Waals surface area contributed by atoms with Crippen molar-refractivity contribution in [3.8, 4) is 17.2 Å². The van der Waals surface area contributed by atoms with Crippen molar-refractivity contribution in [1.82, 2.24) is 4.90 Å². The second kappa shape index (κ2) is 9.56. The van der Waals surface area contributed by atoms with Gasteiger partial charge in [-0.3, -0.25) is 4.79 Å². The van der Waals surface area contributed by atoms with E-state index >= 15 is 0 Å². The maximum atomic E-state index is 12.6. The first-order chi connectivity index (χ1) is 14.0. The van der Waals surface area contributed by atoms with Crippen molar-refractivity contribution in [2.45, 2.75) is 0 Å². The van der Waals surface area contributed by atoms with E-state index in [4.69, 9.17) is 25.8 Å². The first-order valence-corrected chi connectivity index (χ1v) is 9.71. The average molecular weight is 417 g/mol. The summed E-state index contributed by atoms with van der Waals surface area (Å²) in [6.07, 6.45) is 3.34. The van der Waals surface area contributed by atoms with E-state index < -0.39 is 0 Å². The maximum Gasteiger partial charge on any atom is 0.246 e. The summed E-state index contributed by atoms with van der Waals surface area (Å²) in [6.45, 7) is 2.90. The van der Waals surface area contributed by atoms with Crippen LogP contribution in [0.3, 0.4) is 0 Å². The molecule has 0 spiro atoms. The van der Waals surface area contributed by atoms with Gasteiger partial charge in [-0.2, -0.15) is 0 Å². The Morgan fingerprint density at radius 2 is 1.52 bits per heavy atom. The van der Waals surface area contributed by atoms with Gasteiger partial charge in [-0.1, -0.05) is 11.6 Å². The lowest BCUT2D eigenvalue weighted by molar-refractivity contribution is -0.126. The lowest BCUT2D eigenvalue weighted by Gasteiger charge is -2.35. The second-order valence-electron chi connectivity index (χ2n) is 6.58. The molecule has 0 bridgehead atoms. The number of hydrogen-bond acceptors (Lipinski definition) is 5. The molecule has 1 amide bonds. The molecule has 1 aliphatic heterocycles. The summed E-state index contributed by atoms with van der Waals surface area (Å²) >= 11 is 5.95. The normalized spacial score (nSPS) is 14.2. The van der Waals surface area contributed by atoms with Crippen LogP contribution in [0.1, 0.15) is 5.56 Å². The molecule has 7 heteroatoms. The third kappa shape index (κ3) is 4.95. The van der Waals surface area contributed by atoms with Crippen LogP contribution in [-0.2, 0) is 4.79 Å². The number of benzene rings is 2. The molecule has 0 N–H and O–H groups in total. The monoisotopic (exact) mass is 416 g/mol. The van der Waals surface area contributed by atoms with Crippen molar-refractivity contribution in [3.05, 3.63) is 53.1 Å². The smallest absolute Gasteiger partial charge is 0.246 e. The Kier molecular flexibility index (Phi) is 6.88. The van der Waals surface area contributed by atoms with Gasteiger partial charge in [0.1, 0.15) is 0 Å². The highest BCUT2D eigenvalue weighted by atomic mass is 35.5. The summed E-state index contributed by atoms with van der Waals surface area (Å²) in [5.74, 6) is 1.61. The number of piperazine rings is 1. The molecule has 0 atom stereocenters. The summed E-state index contributed by atoms with van der Waals surface area (Å²) in [5.41, 5.74) is 1.92. The minimum absolute atomic E-state index is 0.0190. The van der Waals surface area contributed by atoms with Crippen LogP contribution in [-0.4, -0.2) is 58.3 Å². The van der Waals surface area contributed by atoms with Gasteiger partial charge in [0.25, 0.3) is 0 Å². The van der Waals surface area contributed by atoms with Crippen LogP contribution in [0, 0.1) is 0 Å². The fraction of sp³-hybridized carbons (Fsp3) is 0.318. The van der Waals surface area contributed by atoms with E-state index in [9.17, 15) is 4.79 Å². The molecule has 0 radical (unpaired) electrons. The molecular formula is C22H25ClN2O4. The van der Waals surface area contributed by atoms with Gasteiger partial charge in [0, 0.05) is 43.0 Å². The summed E-state index contributed by atoms with van der Waals surface area (Å²) in [7, 11) is 4.69. The molecule has 1 aliphatic rings. The van der Waals surface area contributed by atoms with Crippen molar-refractivity contribution in [1.29, 1.82) is 0 Å². The number of carbonyl (C=O) groups excluding carboxylic acids is 1. The van der Waals surface area contributed by atoms with Crippen LogP contribution in [0.5, 0.6) is 17.2 Å². The molecule has 1 saturated heterocycles. The molecule has 1 heterocycles. The zero-order valence-corrected chi connectivity index (χ0v) is 17.6. The molecule has 2 aromatic carbocycles. The van der Waals surface area contributed by atoms with Crippen LogP contribution in [0.15, 0.2) is 42.5 Å². The van der Waals surface area contributed by atoms with Gasteiger partial charge in [0.2, 0.25) is 11.7 Å². The van der Waals surface area contributed by atoms with Crippen molar-refractivity contribution in [2.75, 3.05) is 52.4 Å². The number of nitrogens with zero attached hydrogens (tertiary/aromatic N) is 2. The van der Waals surface area contributed by atoms with Crippen molar-refractivity contribution < 1.29 is 19.0 Å². The molecule has 3 rings (SSSR count). The van der Waals surface area contributed by atoms with Crippen molar-refractivity contribution in [2.24, 2.45) is 0 Å². The Balaban J connectivity index is 1.63. The van der Waals surface area contributed by atoms with Crippen LogP contribution in [0.4, 0.5) is 5.69 Å². The first-order valence-electron chi connectivity index (χ1n) is 9.33. The number of carbonyl (C=O) groups is 1. The fourth-order valence-corrected chi connectivity index (χ4v) is 3.43. The minimum Gasteiger partial charge on any atom is -0.493 e. The molecular weight excluding hydrogens is 392 g/mol. The number of ether oxygens (including phenoxy) is 3. The number of halogens is 1. The number of methoxy groups -OCH3 is 3. The first kappa shape index (κ1) is 20.9. The molecule has 6 nitrogen and oxygen atoms in total. The van der Waals surface area contributed by atoms with Crippen molar-refractivity contribution >= 4 is 29.3 Å². The number of amides is 1. The van der Waals surface area contributed by atoms with Gasteiger partial charge in [-0.25, -0.2) is 0 Å². The van der Waals surface area contributed by atoms with Crippen LogP contribution in [0.2, 0.25) is 5.02 Å². The Labute approximate surface area is 176 Å². The van der Waals surface area contributed by atoms with E-state index in [0.717, 1.165) is 29.4 Å². The van der Waals surface area contributed by atoms with E-state index in [1.165, 1.54) is 0 Å². The minimum atomic E-state index is -0.0190. The average Bonchev–Trinajstić information content (AvgIpc) is 2.77. The highest BCUT2D eigenvalue weighted by Crippen LogP contribution is 2.38. The molecule has 1 fully saturated rings. The summed E-state index contributed by atoms with van der Waals surface area (Å²) < 4.78 is 16.0. The van der Waals surface area contributed by atoms with E-state index in [1.54, 1.807) is 33.5 Å². The van der Waals surface area contributed by atoms with Gasteiger partial charge in [0.05, 0.1) is 21.3 Å². The van der Waals surface area contributed by atoms with E-state index in [2.05, 4.69) is 4.90 Å². The zero-order valence-electron chi connectivity index (χ0n) is 16.9. The highest BCUT2D eigenvalue weighted by Gasteiger charge is 2.20. The van der Waals surface area contributed by atoms with E-state index in [0.29, 0.717) is 30.3 Å². The fourth-order valence-electron chi connectivity index (χ4n) is 3.31. The predicted octanol–water partition coefficient (Wildman–Crippen LogP) is 3.73.